The molecule has 1 saturated heterocycles. The summed E-state index contributed by atoms with van der Waals surface area (Å²) in [6.45, 7) is 5.32. The molecular weight excluding hydrogens is 308 g/mol. The topological polar surface area (TPSA) is 108 Å². The van der Waals surface area contributed by atoms with Crippen molar-refractivity contribution in [3.8, 4) is 6.07 Å². The first-order chi connectivity index (χ1) is 11.6. The number of amides is 1. The molecule has 0 spiro atoms. The van der Waals surface area contributed by atoms with Gasteiger partial charge in [-0.05, 0) is 12.1 Å². The van der Waals surface area contributed by atoms with Crippen LogP contribution in [-0.4, -0.2) is 50.7 Å². The number of H-pyrrole nitrogens is 1. The fourth-order valence-electron chi connectivity index (χ4n) is 2.44. The van der Waals surface area contributed by atoms with Crippen molar-refractivity contribution < 1.29 is 9.53 Å². The second kappa shape index (κ2) is 6.76. The van der Waals surface area contributed by atoms with Gasteiger partial charge in [-0.15, -0.1) is 0 Å². The minimum Gasteiger partial charge on any atom is -0.367 e. The summed E-state index contributed by atoms with van der Waals surface area (Å²) in [5.41, 5.74) is 0.740. The zero-order chi connectivity index (χ0) is 17.1. The number of aromatic amines is 1. The zero-order valence-corrected chi connectivity index (χ0v) is 13.6. The van der Waals surface area contributed by atoms with Gasteiger partial charge in [-0.1, -0.05) is 13.8 Å². The third kappa shape index (κ3) is 3.26. The highest BCUT2D eigenvalue weighted by Gasteiger charge is 2.29. The van der Waals surface area contributed by atoms with E-state index < -0.39 is 0 Å². The van der Waals surface area contributed by atoms with E-state index in [2.05, 4.69) is 20.2 Å². The highest BCUT2D eigenvalue weighted by Crippen LogP contribution is 2.21. The molecule has 1 amide bonds. The van der Waals surface area contributed by atoms with E-state index in [0.717, 1.165) is 5.82 Å². The van der Waals surface area contributed by atoms with E-state index in [1.54, 1.807) is 17.0 Å². The minimum absolute atomic E-state index is 0.184. The first kappa shape index (κ1) is 16.1. The fourth-order valence-corrected chi connectivity index (χ4v) is 2.44. The first-order valence-electron chi connectivity index (χ1n) is 7.77. The van der Waals surface area contributed by atoms with Crippen LogP contribution in [0.15, 0.2) is 18.3 Å². The number of rotatable bonds is 3. The highest BCUT2D eigenvalue weighted by atomic mass is 16.5. The Morgan fingerprint density at radius 3 is 2.96 bits per heavy atom. The maximum Gasteiger partial charge on any atom is 0.272 e. The van der Waals surface area contributed by atoms with Crippen molar-refractivity contribution in [3.63, 3.8) is 0 Å². The molecule has 1 fully saturated rings. The molecule has 124 valence electrons. The smallest absolute Gasteiger partial charge is 0.272 e. The molecule has 0 saturated carbocycles. The standard InChI is InChI=1S/C16H18N6O2/c1-10(2)14-19-15(21-20-14)13-9-22(5-6-24-13)16(23)12-4-3-11(7-17)8-18-12/h3-4,8,10,13H,5-6,9H2,1-2H3,(H,19,20,21). The number of nitrogens with zero attached hydrogens (tertiary/aromatic N) is 5. The van der Waals surface area contributed by atoms with Gasteiger partial charge in [-0.25, -0.2) is 9.97 Å². The molecule has 1 unspecified atom stereocenters. The van der Waals surface area contributed by atoms with Crippen molar-refractivity contribution in [1.29, 1.82) is 5.26 Å². The molecule has 1 aliphatic heterocycles. The second-order valence-corrected chi connectivity index (χ2v) is 5.89. The van der Waals surface area contributed by atoms with Crippen molar-refractivity contribution in [2.75, 3.05) is 19.7 Å². The molecule has 3 heterocycles. The molecular formula is C16H18N6O2. The molecule has 24 heavy (non-hydrogen) atoms. The molecule has 2 aromatic rings. The highest BCUT2D eigenvalue weighted by molar-refractivity contribution is 5.92. The Morgan fingerprint density at radius 2 is 2.33 bits per heavy atom. The molecule has 1 N–H and O–H groups in total. The summed E-state index contributed by atoms with van der Waals surface area (Å²) >= 11 is 0. The van der Waals surface area contributed by atoms with E-state index in [1.165, 1.54) is 6.20 Å². The van der Waals surface area contributed by atoms with Crippen molar-refractivity contribution in [2.24, 2.45) is 0 Å². The number of carbonyl (C=O) groups excluding carboxylic acids is 1. The molecule has 8 nitrogen and oxygen atoms in total. The van der Waals surface area contributed by atoms with Gasteiger partial charge in [0.05, 0.1) is 18.7 Å². The lowest BCUT2D eigenvalue weighted by atomic mass is 10.2. The molecule has 8 heteroatoms. The Bertz CT molecular complexity index is 762. The molecule has 2 aromatic heterocycles. The van der Waals surface area contributed by atoms with Crippen LogP contribution in [0.3, 0.4) is 0 Å². The van der Waals surface area contributed by atoms with E-state index in [0.29, 0.717) is 36.8 Å². The number of nitriles is 1. The van der Waals surface area contributed by atoms with Crippen molar-refractivity contribution in [2.45, 2.75) is 25.9 Å². The number of pyridine rings is 1. The van der Waals surface area contributed by atoms with Gasteiger partial charge in [0.2, 0.25) is 0 Å². The SMILES string of the molecule is CC(C)c1n[nH]c(C2CN(C(=O)c3ccc(C#N)cn3)CCO2)n1. The average Bonchev–Trinajstić information content (AvgIpc) is 3.12. The van der Waals surface area contributed by atoms with Gasteiger partial charge in [-0.2, -0.15) is 10.4 Å². The molecule has 0 aliphatic carbocycles. The number of ether oxygens (including phenoxy) is 1. The van der Waals surface area contributed by atoms with Crippen LogP contribution >= 0.6 is 0 Å². The molecule has 0 aromatic carbocycles. The summed E-state index contributed by atoms with van der Waals surface area (Å²) < 4.78 is 5.72. The molecule has 0 bridgehead atoms. The average molecular weight is 326 g/mol. The Morgan fingerprint density at radius 1 is 1.50 bits per heavy atom. The largest absolute Gasteiger partial charge is 0.367 e. The van der Waals surface area contributed by atoms with Gasteiger partial charge in [0.15, 0.2) is 11.6 Å². The number of aromatic nitrogens is 4. The van der Waals surface area contributed by atoms with Crippen molar-refractivity contribution in [3.05, 3.63) is 41.2 Å². The van der Waals surface area contributed by atoms with Crippen LogP contribution in [0.2, 0.25) is 0 Å². The lowest BCUT2D eigenvalue weighted by Gasteiger charge is -2.31. The third-order valence-electron chi connectivity index (χ3n) is 3.81. The van der Waals surface area contributed by atoms with Crippen molar-refractivity contribution in [1.82, 2.24) is 25.1 Å². The predicted octanol–water partition coefficient (Wildman–Crippen LogP) is 1.41. The third-order valence-corrected chi connectivity index (χ3v) is 3.81. The zero-order valence-electron chi connectivity index (χ0n) is 13.6. The van der Waals surface area contributed by atoms with Gasteiger partial charge >= 0.3 is 0 Å². The Balaban J connectivity index is 1.72. The predicted molar refractivity (Wildman–Crippen MR) is 84.0 cm³/mol. The van der Waals surface area contributed by atoms with Gasteiger partial charge in [-0.3, -0.25) is 9.89 Å². The molecule has 1 aliphatic rings. The van der Waals surface area contributed by atoms with Gasteiger partial charge in [0.1, 0.15) is 17.9 Å². The van der Waals surface area contributed by atoms with Crippen LogP contribution in [0, 0.1) is 11.3 Å². The summed E-state index contributed by atoms with van der Waals surface area (Å²) in [6, 6.07) is 5.14. The minimum atomic E-state index is -0.332. The van der Waals surface area contributed by atoms with Crippen LogP contribution in [-0.2, 0) is 4.74 Å². The van der Waals surface area contributed by atoms with E-state index >= 15 is 0 Å². The normalized spacial score (nSPS) is 17.8. The van der Waals surface area contributed by atoms with Gasteiger partial charge in [0, 0.05) is 18.7 Å². The maximum atomic E-state index is 12.6. The van der Waals surface area contributed by atoms with Gasteiger partial charge < -0.3 is 9.64 Å². The quantitative estimate of drug-likeness (QED) is 0.913. The number of hydrogen-bond donors (Lipinski definition) is 1. The summed E-state index contributed by atoms with van der Waals surface area (Å²) in [5.74, 6) is 1.39. The van der Waals surface area contributed by atoms with E-state index in [1.807, 2.05) is 19.9 Å². The molecule has 0 radical (unpaired) electrons. The van der Waals surface area contributed by atoms with E-state index in [4.69, 9.17) is 10.00 Å². The monoisotopic (exact) mass is 326 g/mol. The summed E-state index contributed by atoms with van der Waals surface area (Å²) in [7, 11) is 0. The lowest BCUT2D eigenvalue weighted by molar-refractivity contribution is -0.0268. The van der Waals surface area contributed by atoms with Gasteiger partial charge in [0.25, 0.3) is 5.91 Å². The van der Waals surface area contributed by atoms with Crippen LogP contribution in [0.25, 0.3) is 0 Å². The Kier molecular flexibility index (Phi) is 4.53. The summed E-state index contributed by atoms with van der Waals surface area (Å²) in [6.07, 6.45) is 1.07. The van der Waals surface area contributed by atoms with E-state index in [-0.39, 0.29) is 17.9 Å². The Hall–Kier alpha value is -2.79. The number of morpholine rings is 1. The van der Waals surface area contributed by atoms with Crippen LogP contribution < -0.4 is 0 Å². The lowest BCUT2D eigenvalue weighted by Crippen LogP contribution is -2.42. The van der Waals surface area contributed by atoms with Crippen LogP contribution in [0.1, 0.15) is 53.6 Å². The fraction of sp³-hybridized carbons (Fsp3) is 0.438. The van der Waals surface area contributed by atoms with Crippen molar-refractivity contribution >= 4 is 5.91 Å². The number of hydrogen-bond acceptors (Lipinski definition) is 6. The maximum absolute atomic E-state index is 12.6. The van der Waals surface area contributed by atoms with E-state index in [9.17, 15) is 4.79 Å². The van der Waals surface area contributed by atoms with Crippen LogP contribution in [0.4, 0.5) is 0 Å². The second-order valence-electron chi connectivity index (χ2n) is 5.89. The first-order valence-corrected chi connectivity index (χ1v) is 7.77. The Labute approximate surface area is 139 Å². The van der Waals surface area contributed by atoms with Crippen LogP contribution in [0.5, 0.6) is 0 Å². The molecule has 3 rings (SSSR count). The number of nitrogens with one attached hydrogen (secondary N) is 1. The summed E-state index contributed by atoms with van der Waals surface area (Å²) in [5, 5.41) is 15.9. The summed E-state index contributed by atoms with van der Waals surface area (Å²) in [4.78, 5) is 22.7. The molecule has 1 atom stereocenters. The number of carbonyl (C=O) groups is 1.